The molecule has 0 saturated carbocycles. The number of halogens is 6. The van der Waals surface area contributed by atoms with Crippen LogP contribution in [0.1, 0.15) is 13.8 Å². The lowest BCUT2D eigenvalue weighted by atomic mass is 10.4. The van der Waals surface area contributed by atoms with E-state index in [0.29, 0.717) is 13.8 Å². The van der Waals surface area contributed by atoms with Crippen LogP contribution >= 0.6 is 0 Å². The van der Waals surface area contributed by atoms with Crippen LogP contribution in [0.2, 0.25) is 0 Å². The lowest BCUT2D eigenvalue weighted by molar-refractivity contribution is -0.0577. The fourth-order valence-corrected chi connectivity index (χ4v) is 1.80. The molecule has 0 aliphatic rings. The van der Waals surface area contributed by atoms with Crippen molar-refractivity contribution in [3.8, 4) is 0 Å². The Morgan fingerprint density at radius 3 is 1.29 bits per heavy atom. The Morgan fingerprint density at radius 1 is 0.929 bits per heavy atom. The Labute approximate surface area is 78.5 Å². The maximum Gasteiger partial charge on any atom is 0.382 e. The van der Waals surface area contributed by atoms with E-state index in [-0.39, 0.29) is 0 Å². The van der Waals surface area contributed by atoms with Gasteiger partial charge >= 0.3 is 9.04 Å². The van der Waals surface area contributed by atoms with E-state index in [2.05, 4.69) is 0 Å². The van der Waals surface area contributed by atoms with E-state index < -0.39 is 32.5 Å². The van der Waals surface area contributed by atoms with Gasteiger partial charge in [0.2, 0.25) is 0 Å². The highest BCUT2D eigenvalue weighted by Gasteiger charge is 2.63. The Bertz CT molecular complexity index is 175. The summed E-state index contributed by atoms with van der Waals surface area (Å²) in [5, 5.41) is 0. The van der Waals surface area contributed by atoms with Gasteiger partial charge in [0.15, 0.2) is 12.3 Å². The van der Waals surface area contributed by atoms with Crippen molar-refractivity contribution in [3.05, 3.63) is 0 Å². The van der Waals surface area contributed by atoms with Gasteiger partial charge in [-0.3, -0.25) is 0 Å². The molecule has 0 fully saturated rings. The highest BCUT2D eigenvalue weighted by Crippen LogP contribution is 2.34. The Morgan fingerprint density at radius 2 is 1.14 bits per heavy atom. The van der Waals surface area contributed by atoms with E-state index in [1.165, 1.54) is 0 Å². The van der Waals surface area contributed by atoms with E-state index in [0.717, 1.165) is 0 Å². The molecule has 0 aromatic heterocycles. The largest absolute Gasteiger partial charge is 0.423 e. The average molecular weight is 239 g/mol. The molecular formula is C6H9F6OSi. The molecule has 2 unspecified atom stereocenters. The molecule has 1 N–H and O–H groups in total. The van der Waals surface area contributed by atoms with Gasteiger partial charge in [-0.15, -0.1) is 0 Å². The molecule has 0 aliphatic heterocycles. The minimum absolute atomic E-state index is 0.333. The molecule has 0 rings (SSSR count). The van der Waals surface area contributed by atoms with Crippen LogP contribution < -0.4 is 0 Å². The maximum absolute atomic E-state index is 12.6. The van der Waals surface area contributed by atoms with E-state index in [1.54, 1.807) is 0 Å². The van der Waals surface area contributed by atoms with Gasteiger partial charge in [-0.1, -0.05) is 0 Å². The van der Waals surface area contributed by atoms with Crippen molar-refractivity contribution in [2.24, 2.45) is 0 Å². The van der Waals surface area contributed by atoms with E-state index >= 15 is 0 Å². The van der Waals surface area contributed by atoms with Crippen molar-refractivity contribution in [1.29, 1.82) is 0 Å². The Kier molecular flexibility index (Phi) is 4.02. The van der Waals surface area contributed by atoms with Crippen LogP contribution in [0.5, 0.6) is 0 Å². The van der Waals surface area contributed by atoms with Crippen LogP contribution in [0.15, 0.2) is 0 Å². The molecular weight excluding hydrogens is 230 g/mol. The van der Waals surface area contributed by atoms with E-state index in [4.69, 9.17) is 4.80 Å². The van der Waals surface area contributed by atoms with Crippen molar-refractivity contribution >= 4 is 9.04 Å². The van der Waals surface area contributed by atoms with Crippen molar-refractivity contribution in [1.82, 2.24) is 0 Å². The highest BCUT2D eigenvalue weighted by molar-refractivity contribution is 6.56. The first-order valence-corrected chi connectivity index (χ1v) is 5.10. The fraction of sp³-hybridized carbons (Fsp3) is 1.00. The van der Waals surface area contributed by atoms with Crippen molar-refractivity contribution in [2.75, 3.05) is 0 Å². The fourth-order valence-electron chi connectivity index (χ4n) is 0.599. The summed E-state index contributed by atoms with van der Waals surface area (Å²) in [4.78, 5) is 8.57. The first-order chi connectivity index (χ1) is 6.04. The van der Waals surface area contributed by atoms with Gasteiger partial charge in [0.05, 0.1) is 0 Å². The zero-order valence-electron chi connectivity index (χ0n) is 7.37. The van der Waals surface area contributed by atoms with Crippen LogP contribution in [0.3, 0.4) is 0 Å². The second kappa shape index (κ2) is 4.09. The molecule has 0 aromatic carbocycles. The quantitative estimate of drug-likeness (QED) is 0.588. The second-order valence-electron chi connectivity index (χ2n) is 2.83. The molecule has 2 atom stereocenters. The third-order valence-electron chi connectivity index (χ3n) is 1.63. The number of hydrogen-bond donors (Lipinski definition) is 1. The van der Waals surface area contributed by atoms with Crippen LogP contribution in [0.4, 0.5) is 26.3 Å². The van der Waals surface area contributed by atoms with Crippen molar-refractivity contribution in [3.63, 3.8) is 0 Å². The average Bonchev–Trinajstić information content (AvgIpc) is 2.02. The normalized spacial score (nSPS) is 18.4. The molecule has 1 nitrogen and oxygen atoms in total. The lowest BCUT2D eigenvalue weighted by Gasteiger charge is -2.28. The maximum atomic E-state index is 12.6. The molecule has 8 heteroatoms. The summed E-state index contributed by atoms with van der Waals surface area (Å²) >= 11 is 0. The molecule has 85 valence electrons. The molecule has 0 spiro atoms. The summed E-state index contributed by atoms with van der Waals surface area (Å²) in [5.74, 6) is 0. The van der Waals surface area contributed by atoms with Crippen LogP contribution in [-0.4, -0.2) is 37.3 Å². The van der Waals surface area contributed by atoms with Crippen LogP contribution in [0, 0.1) is 0 Å². The topological polar surface area (TPSA) is 20.2 Å². The molecule has 0 aliphatic carbocycles. The summed E-state index contributed by atoms with van der Waals surface area (Å²) < 4.78 is 74.6. The summed E-state index contributed by atoms with van der Waals surface area (Å²) in [6.45, 7) is 0.666. The van der Waals surface area contributed by atoms with Crippen LogP contribution in [-0.2, 0) is 0 Å². The van der Waals surface area contributed by atoms with Gasteiger partial charge in [0.25, 0.3) is 11.1 Å². The zero-order valence-corrected chi connectivity index (χ0v) is 8.37. The van der Waals surface area contributed by atoms with Crippen molar-refractivity contribution < 1.29 is 31.1 Å². The Hall–Kier alpha value is -0.243. The monoisotopic (exact) mass is 239 g/mol. The first kappa shape index (κ1) is 13.8. The van der Waals surface area contributed by atoms with Crippen molar-refractivity contribution in [2.45, 2.75) is 37.3 Å². The van der Waals surface area contributed by atoms with Crippen LogP contribution in [0.25, 0.3) is 0 Å². The molecule has 0 aromatic rings. The third-order valence-corrected chi connectivity index (χ3v) is 3.69. The standard InChI is InChI=1S/C6H9F6OSi/c1-3(7)5(9,10)14(13)6(11,12)4(2)8/h3-4,13H,1-2H3. The van der Waals surface area contributed by atoms with Gasteiger partial charge in [-0.2, -0.15) is 0 Å². The molecule has 0 saturated heterocycles. The van der Waals surface area contributed by atoms with Gasteiger partial charge in [0, 0.05) is 0 Å². The number of hydrogen-bond acceptors (Lipinski definition) is 1. The lowest BCUT2D eigenvalue weighted by Crippen LogP contribution is -2.59. The highest BCUT2D eigenvalue weighted by atomic mass is 28.3. The minimum atomic E-state index is -4.76. The molecule has 0 amide bonds. The summed E-state index contributed by atoms with van der Waals surface area (Å²) in [7, 11) is -4.76. The predicted octanol–water partition coefficient (Wildman–Crippen LogP) is 2.04. The number of rotatable bonds is 4. The van der Waals surface area contributed by atoms with Gasteiger partial charge in [0.1, 0.15) is 0 Å². The van der Waals surface area contributed by atoms with Gasteiger partial charge in [-0.05, 0) is 13.8 Å². The Balaban J connectivity index is 4.85. The second-order valence-corrected chi connectivity index (χ2v) is 4.86. The molecule has 1 radical (unpaired) electrons. The molecule has 0 bridgehead atoms. The predicted molar refractivity (Wildman–Crippen MR) is 39.0 cm³/mol. The van der Waals surface area contributed by atoms with Gasteiger partial charge < -0.3 is 4.80 Å². The van der Waals surface area contributed by atoms with E-state index in [1.807, 2.05) is 0 Å². The molecule has 0 heterocycles. The van der Waals surface area contributed by atoms with Gasteiger partial charge in [-0.25, -0.2) is 26.3 Å². The summed E-state index contributed by atoms with van der Waals surface area (Å²) in [5.41, 5.74) is -9.15. The smallest absolute Gasteiger partial charge is 0.382 e. The number of alkyl halides is 6. The minimum Gasteiger partial charge on any atom is -0.423 e. The molecule has 14 heavy (non-hydrogen) atoms. The first-order valence-electron chi connectivity index (χ1n) is 3.65. The summed E-state index contributed by atoms with van der Waals surface area (Å²) in [6, 6.07) is 0. The zero-order chi connectivity index (χ0) is 11.7. The third kappa shape index (κ3) is 2.41. The SMILES string of the molecule is CC(F)C(F)(F)[Si](O)C(F)(F)C(C)F. The summed E-state index contributed by atoms with van der Waals surface area (Å²) in [6.07, 6.45) is -5.88. The van der Waals surface area contributed by atoms with E-state index in [9.17, 15) is 26.3 Å².